The smallest absolute Gasteiger partial charge is 0.236 e. The van der Waals surface area contributed by atoms with Crippen LogP contribution in [0.3, 0.4) is 0 Å². The Morgan fingerprint density at radius 1 is 1.35 bits per heavy atom. The lowest BCUT2D eigenvalue weighted by Crippen LogP contribution is -2.38. The predicted octanol–water partition coefficient (Wildman–Crippen LogP) is 1.79. The summed E-state index contributed by atoms with van der Waals surface area (Å²) in [6.45, 7) is 3.98. The Kier molecular flexibility index (Phi) is 4.15. The fraction of sp³-hybridized carbons (Fsp3) is 0.500. The van der Waals surface area contributed by atoms with Crippen molar-refractivity contribution in [3.8, 4) is 0 Å². The van der Waals surface area contributed by atoms with Crippen molar-refractivity contribution in [2.45, 2.75) is 32.4 Å². The Labute approximate surface area is 103 Å². The van der Waals surface area contributed by atoms with Gasteiger partial charge in [0.15, 0.2) is 0 Å². The lowest BCUT2D eigenvalue weighted by Gasteiger charge is -2.21. The van der Waals surface area contributed by atoms with Gasteiger partial charge in [-0.1, -0.05) is 30.3 Å². The number of benzene rings is 1. The van der Waals surface area contributed by atoms with Crippen LogP contribution in [0.15, 0.2) is 30.3 Å². The predicted molar refractivity (Wildman–Crippen MR) is 68.6 cm³/mol. The van der Waals surface area contributed by atoms with Crippen molar-refractivity contribution in [3.05, 3.63) is 35.9 Å². The fourth-order valence-corrected chi connectivity index (χ4v) is 1.81. The van der Waals surface area contributed by atoms with E-state index in [1.165, 1.54) is 18.4 Å². The summed E-state index contributed by atoms with van der Waals surface area (Å²) in [7, 11) is 0. The molecule has 1 saturated carbocycles. The number of nitrogens with zero attached hydrogens (tertiary/aromatic N) is 1. The number of carbonyl (C=O) groups is 1. The minimum Gasteiger partial charge on any atom is -0.338 e. The van der Waals surface area contributed by atoms with Crippen molar-refractivity contribution in [1.29, 1.82) is 0 Å². The molecular formula is C14H20N2O. The molecule has 1 amide bonds. The van der Waals surface area contributed by atoms with Gasteiger partial charge in [-0.05, 0) is 25.3 Å². The van der Waals surface area contributed by atoms with Crippen LogP contribution in [0.2, 0.25) is 0 Å². The molecule has 1 aliphatic rings. The molecule has 3 heteroatoms. The highest BCUT2D eigenvalue weighted by Crippen LogP contribution is 2.18. The van der Waals surface area contributed by atoms with E-state index < -0.39 is 0 Å². The van der Waals surface area contributed by atoms with E-state index in [-0.39, 0.29) is 5.91 Å². The fourth-order valence-electron chi connectivity index (χ4n) is 1.81. The normalized spacial score (nSPS) is 14.6. The van der Waals surface area contributed by atoms with Crippen LogP contribution < -0.4 is 5.32 Å². The Morgan fingerprint density at radius 3 is 2.65 bits per heavy atom. The Hall–Kier alpha value is -1.35. The Bertz CT molecular complexity index is 360. The zero-order valence-electron chi connectivity index (χ0n) is 10.4. The molecule has 0 bridgehead atoms. The van der Waals surface area contributed by atoms with E-state index >= 15 is 0 Å². The third kappa shape index (κ3) is 3.86. The third-order valence-corrected chi connectivity index (χ3v) is 3.07. The minimum atomic E-state index is 0.197. The second-order valence-corrected chi connectivity index (χ2v) is 4.55. The van der Waals surface area contributed by atoms with Gasteiger partial charge in [0.1, 0.15) is 0 Å². The van der Waals surface area contributed by atoms with Crippen molar-refractivity contribution in [1.82, 2.24) is 10.2 Å². The first kappa shape index (κ1) is 12.1. The van der Waals surface area contributed by atoms with E-state index in [1.54, 1.807) is 0 Å². The first-order valence-corrected chi connectivity index (χ1v) is 6.34. The number of rotatable bonds is 6. The highest BCUT2D eigenvalue weighted by molar-refractivity contribution is 5.78. The molecule has 0 saturated heterocycles. The van der Waals surface area contributed by atoms with Gasteiger partial charge in [-0.2, -0.15) is 0 Å². The van der Waals surface area contributed by atoms with E-state index in [0.717, 1.165) is 6.54 Å². The van der Waals surface area contributed by atoms with Crippen molar-refractivity contribution >= 4 is 5.91 Å². The first-order valence-electron chi connectivity index (χ1n) is 6.34. The summed E-state index contributed by atoms with van der Waals surface area (Å²) in [5, 5.41) is 3.27. The van der Waals surface area contributed by atoms with Crippen molar-refractivity contribution < 1.29 is 4.79 Å². The average Bonchev–Trinajstić information content (AvgIpc) is 3.18. The van der Waals surface area contributed by atoms with Gasteiger partial charge >= 0.3 is 0 Å². The van der Waals surface area contributed by atoms with Crippen LogP contribution in [0.5, 0.6) is 0 Å². The maximum Gasteiger partial charge on any atom is 0.236 e. The molecule has 1 fully saturated rings. The second-order valence-electron chi connectivity index (χ2n) is 4.55. The van der Waals surface area contributed by atoms with Crippen LogP contribution in [-0.2, 0) is 11.3 Å². The summed E-state index contributed by atoms with van der Waals surface area (Å²) in [6.07, 6.45) is 2.44. The van der Waals surface area contributed by atoms with Crippen LogP contribution in [0.4, 0.5) is 0 Å². The Balaban J connectivity index is 1.84. The Morgan fingerprint density at radius 2 is 2.06 bits per heavy atom. The van der Waals surface area contributed by atoms with Crippen LogP contribution in [0, 0.1) is 0 Å². The number of nitrogens with one attached hydrogen (secondary N) is 1. The van der Waals surface area contributed by atoms with Gasteiger partial charge in [0, 0.05) is 19.1 Å². The van der Waals surface area contributed by atoms with E-state index in [1.807, 2.05) is 30.0 Å². The molecule has 0 aliphatic heterocycles. The van der Waals surface area contributed by atoms with Crippen LogP contribution in [-0.4, -0.2) is 29.9 Å². The van der Waals surface area contributed by atoms with E-state index in [0.29, 0.717) is 19.1 Å². The third-order valence-electron chi connectivity index (χ3n) is 3.07. The molecule has 2 rings (SSSR count). The van der Waals surface area contributed by atoms with Gasteiger partial charge in [-0.15, -0.1) is 0 Å². The number of hydrogen-bond acceptors (Lipinski definition) is 2. The maximum atomic E-state index is 12.0. The standard InChI is InChI=1S/C14H20N2O/c1-2-16(11-12-6-4-3-5-7-12)14(17)10-15-13-8-9-13/h3-7,13,15H,2,8-11H2,1H3. The number of carbonyl (C=O) groups excluding carboxylic acids is 1. The zero-order chi connectivity index (χ0) is 12.1. The lowest BCUT2D eigenvalue weighted by molar-refractivity contribution is -0.130. The van der Waals surface area contributed by atoms with E-state index in [4.69, 9.17) is 0 Å². The molecule has 92 valence electrons. The van der Waals surface area contributed by atoms with Crippen molar-refractivity contribution in [3.63, 3.8) is 0 Å². The van der Waals surface area contributed by atoms with Crippen molar-refractivity contribution in [2.75, 3.05) is 13.1 Å². The first-order chi connectivity index (χ1) is 8.29. The highest BCUT2D eigenvalue weighted by atomic mass is 16.2. The van der Waals surface area contributed by atoms with E-state index in [2.05, 4.69) is 17.4 Å². The summed E-state index contributed by atoms with van der Waals surface area (Å²) >= 11 is 0. The molecule has 1 N–H and O–H groups in total. The number of amides is 1. The largest absolute Gasteiger partial charge is 0.338 e. The van der Waals surface area contributed by atoms with Gasteiger partial charge in [-0.25, -0.2) is 0 Å². The molecule has 1 aliphatic carbocycles. The van der Waals surface area contributed by atoms with Gasteiger partial charge in [0.05, 0.1) is 6.54 Å². The van der Waals surface area contributed by atoms with Gasteiger partial charge < -0.3 is 10.2 Å². The van der Waals surface area contributed by atoms with Crippen LogP contribution in [0.1, 0.15) is 25.3 Å². The van der Waals surface area contributed by atoms with E-state index in [9.17, 15) is 4.79 Å². The van der Waals surface area contributed by atoms with Gasteiger partial charge in [0.2, 0.25) is 5.91 Å². The van der Waals surface area contributed by atoms with Gasteiger partial charge in [-0.3, -0.25) is 4.79 Å². The van der Waals surface area contributed by atoms with Crippen molar-refractivity contribution in [2.24, 2.45) is 0 Å². The lowest BCUT2D eigenvalue weighted by atomic mass is 10.2. The molecule has 1 aromatic carbocycles. The average molecular weight is 232 g/mol. The SMILES string of the molecule is CCN(Cc1ccccc1)C(=O)CNC1CC1. The molecule has 0 spiro atoms. The molecule has 0 heterocycles. The molecule has 0 aromatic heterocycles. The molecule has 3 nitrogen and oxygen atoms in total. The summed E-state index contributed by atoms with van der Waals surface area (Å²) in [5.74, 6) is 0.197. The molecule has 0 atom stereocenters. The minimum absolute atomic E-state index is 0.197. The quantitative estimate of drug-likeness (QED) is 0.811. The number of likely N-dealkylation sites (N-methyl/N-ethyl adjacent to an activating group) is 1. The molecule has 0 radical (unpaired) electrons. The molecule has 0 unspecified atom stereocenters. The zero-order valence-corrected chi connectivity index (χ0v) is 10.4. The summed E-state index contributed by atoms with van der Waals surface area (Å²) in [6, 6.07) is 10.7. The number of hydrogen-bond donors (Lipinski definition) is 1. The van der Waals surface area contributed by atoms with Gasteiger partial charge in [0.25, 0.3) is 0 Å². The molecular weight excluding hydrogens is 212 g/mol. The molecule has 1 aromatic rings. The second kappa shape index (κ2) is 5.82. The summed E-state index contributed by atoms with van der Waals surface area (Å²) in [4.78, 5) is 13.9. The highest BCUT2D eigenvalue weighted by Gasteiger charge is 2.22. The molecule has 17 heavy (non-hydrogen) atoms. The van der Waals surface area contributed by atoms with Crippen LogP contribution in [0.25, 0.3) is 0 Å². The maximum absolute atomic E-state index is 12.0. The summed E-state index contributed by atoms with van der Waals surface area (Å²) < 4.78 is 0. The monoisotopic (exact) mass is 232 g/mol. The summed E-state index contributed by atoms with van der Waals surface area (Å²) in [5.41, 5.74) is 1.19. The van der Waals surface area contributed by atoms with Crippen LogP contribution >= 0.6 is 0 Å². The topological polar surface area (TPSA) is 32.3 Å².